The Balaban J connectivity index is 1.47. The van der Waals surface area contributed by atoms with Crippen molar-refractivity contribution < 1.29 is 4.79 Å². The third-order valence-electron chi connectivity index (χ3n) is 3.80. The van der Waals surface area contributed by atoms with Gasteiger partial charge < -0.3 is 5.32 Å². The van der Waals surface area contributed by atoms with Crippen molar-refractivity contribution in [2.45, 2.75) is 10.1 Å². The zero-order valence-electron chi connectivity index (χ0n) is 14.1. The minimum atomic E-state index is -0.166. The molecule has 134 valence electrons. The molecule has 0 radical (unpaired) electrons. The van der Waals surface area contributed by atoms with Crippen molar-refractivity contribution in [3.05, 3.63) is 83.1 Å². The molecule has 27 heavy (non-hydrogen) atoms. The van der Waals surface area contributed by atoms with Crippen LogP contribution in [0.4, 0.5) is 5.69 Å². The Labute approximate surface area is 169 Å². The van der Waals surface area contributed by atoms with Crippen LogP contribution in [0.1, 0.15) is 16.1 Å². The van der Waals surface area contributed by atoms with Crippen LogP contribution in [0.2, 0.25) is 5.02 Å². The van der Waals surface area contributed by atoms with Gasteiger partial charge in [-0.2, -0.15) is 0 Å². The maximum Gasteiger partial charge on any atom is 0.255 e. The van der Waals surface area contributed by atoms with Gasteiger partial charge in [-0.05, 0) is 54.6 Å². The number of nitrogens with one attached hydrogen (secondary N) is 1. The van der Waals surface area contributed by atoms with Gasteiger partial charge in [-0.15, -0.1) is 11.3 Å². The van der Waals surface area contributed by atoms with Crippen LogP contribution in [0.3, 0.4) is 0 Å². The van der Waals surface area contributed by atoms with Gasteiger partial charge in [0.25, 0.3) is 5.91 Å². The van der Waals surface area contributed by atoms with E-state index < -0.39 is 0 Å². The van der Waals surface area contributed by atoms with Gasteiger partial charge in [-0.1, -0.05) is 29.4 Å². The Morgan fingerprint density at radius 3 is 2.74 bits per heavy atom. The van der Waals surface area contributed by atoms with Crippen LogP contribution in [0, 0.1) is 0 Å². The van der Waals surface area contributed by atoms with E-state index >= 15 is 0 Å². The smallest absolute Gasteiger partial charge is 0.255 e. The summed E-state index contributed by atoms with van der Waals surface area (Å²) in [5.74, 6) is 0.612. The highest BCUT2D eigenvalue weighted by atomic mass is 35.5. The fourth-order valence-corrected chi connectivity index (χ4v) is 4.62. The lowest BCUT2D eigenvalue weighted by Crippen LogP contribution is -2.11. The van der Waals surface area contributed by atoms with Crippen LogP contribution in [-0.2, 0) is 5.75 Å². The fourth-order valence-electron chi connectivity index (χ4n) is 2.47. The summed E-state index contributed by atoms with van der Waals surface area (Å²) >= 11 is 9.14. The Kier molecular flexibility index (Phi) is 5.38. The highest BCUT2D eigenvalue weighted by Crippen LogP contribution is 2.32. The molecule has 4 aromatic rings. The van der Waals surface area contributed by atoms with E-state index in [1.54, 1.807) is 53.6 Å². The maximum absolute atomic E-state index is 12.3. The Morgan fingerprint density at radius 2 is 1.96 bits per heavy atom. The first-order valence-electron chi connectivity index (χ1n) is 8.17. The number of pyridine rings is 1. The van der Waals surface area contributed by atoms with Gasteiger partial charge in [0.2, 0.25) is 0 Å². The van der Waals surface area contributed by atoms with Crippen molar-refractivity contribution in [2.75, 3.05) is 5.32 Å². The van der Waals surface area contributed by atoms with E-state index in [1.807, 2.05) is 36.4 Å². The zero-order valence-corrected chi connectivity index (χ0v) is 16.4. The normalized spacial score (nSPS) is 10.9. The minimum Gasteiger partial charge on any atom is -0.322 e. The molecule has 4 nitrogen and oxygen atoms in total. The van der Waals surface area contributed by atoms with Crippen molar-refractivity contribution in [1.29, 1.82) is 0 Å². The van der Waals surface area contributed by atoms with Gasteiger partial charge in [0, 0.05) is 28.2 Å². The molecule has 1 N–H and O–H groups in total. The number of thioether (sulfide) groups is 1. The standard InChI is InChI=1S/C20H14ClN3OS2/c21-14-6-4-13(5-7-14)19(25)23-15-8-9-17-18(11-15)27-20(24-17)26-12-16-3-1-2-10-22-16/h1-11H,12H2,(H,23,25). The molecule has 0 atom stereocenters. The summed E-state index contributed by atoms with van der Waals surface area (Å²) in [6, 6.07) is 18.4. The van der Waals surface area contributed by atoms with Crippen molar-refractivity contribution in [1.82, 2.24) is 9.97 Å². The number of aromatic nitrogens is 2. The first kappa shape index (κ1) is 18.0. The molecular weight excluding hydrogens is 398 g/mol. The number of hydrogen-bond acceptors (Lipinski definition) is 5. The summed E-state index contributed by atoms with van der Waals surface area (Å²) in [5, 5.41) is 3.52. The number of carbonyl (C=O) groups is 1. The molecule has 0 saturated carbocycles. The first-order chi connectivity index (χ1) is 13.2. The molecule has 0 aliphatic rings. The lowest BCUT2D eigenvalue weighted by molar-refractivity contribution is 0.102. The van der Waals surface area contributed by atoms with Crippen molar-refractivity contribution >= 4 is 56.5 Å². The van der Waals surface area contributed by atoms with E-state index in [4.69, 9.17) is 11.6 Å². The fraction of sp³-hybridized carbons (Fsp3) is 0.0500. The number of hydrogen-bond donors (Lipinski definition) is 1. The predicted octanol–water partition coefficient (Wildman–Crippen LogP) is 5.89. The lowest BCUT2D eigenvalue weighted by atomic mass is 10.2. The van der Waals surface area contributed by atoms with E-state index in [-0.39, 0.29) is 5.91 Å². The van der Waals surface area contributed by atoms with Gasteiger partial charge in [0.1, 0.15) is 0 Å². The van der Waals surface area contributed by atoms with Crippen molar-refractivity contribution in [3.63, 3.8) is 0 Å². The summed E-state index contributed by atoms with van der Waals surface area (Å²) in [6.45, 7) is 0. The third-order valence-corrected chi connectivity index (χ3v) is 6.25. The van der Waals surface area contributed by atoms with E-state index in [9.17, 15) is 4.79 Å². The van der Waals surface area contributed by atoms with Crippen LogP contribution in [0.5, 0.6) is 0 Å². The number of rotatable bonds is 5. The van der Waals surface area contributed by atoms with Crippen LogP contribution in [0.25, 0.3) is 10.2 Å². The number of halogens is 1. The van der Waals surface area contributed by atoms with E-state index in [0.29, 0.717) is 10.6 Å². The first-order valence-corrected chi connectivity index (χ1v) is 10.4. The average Bonchev–Trinajstić information content (AvgIpc) is 3.10. The van der Waals surface area contributed by atoms with Gasteiger partial charge in [-0.3, -0.25) is 9.78 Å². The molecule has 0 aliphatic heterocycles. The van der Waals surface area contributed by atoms with Crippen LogP contribution < -0.4 is 5.32 Å². The molecule has 2 aromatic heterocycles. The number of amides is 1. The quantitative estimate of drug-likeness (QED) is 0.416. The second kappa shape index (κ2) is 8.08. The lowest BCUT2D eigenvalue weighted by Gasteiger charge is -2.05. The summed E-state index contributed by atoms with van der Waals surface area (Å²) in [6.07, 6.45) is 1.80. The zero-order chi connectivity index (χ0) is 18.6. The van der Waals surface area contributed by atoms with Crippen LogP contribution >= 0.6 is 34.7 Å². The molecule has 7 heteroatoms. The van der Waals surface area contributed by atoms with Gasteiger partial charge >= 0.3 is 0 Å². The van der Waals surface area contributed by atoms with Gasteiger partial charge in [0.15, 0.2) is 4.34 Å². The van der Waals surface area contributed by atoms with Crippen LogP contribution in [-0.4, -0.2) is 15.9 Å². The second-order valence-electron chi connectivity index (χ2n) is 5.73. The molecule has 0 saturated heterocycles. The number of anilines is 1. The van der Waals surface area contributed by atoms with E-state index in [1.165, 1.54) is 0 Å². The number of benzene rings is 2. The van der Waals surface area contributed by atoms with Gasteiger partial charge in [-0.25, -0.2) is 4.98 Å². The van der Waals surface area contributed by atoms with E-state index in [2.05, 4.69) is 15.3 Å². The molecule has 0 bridgehead atoms. The number of fused-ring (bicyclic) bond motifs is 1. The Hall–Kier alpha value is -2.41. The Bertz CT molecular complexity index is 1080. The Morgan fingerprint density at radius 1 is 1.11 bits per heavy atom. The topological polar surface area (TPSA) is 54.9 Å². The van der Waals surface area contributed by atoms with Crippen molar-refractivity contribution in [3.8, 4) is 0 Å². The predicted molar refractivity (Wildman–Crippen MR) is 113 cm³/mol. The van der Waals surface area contributed by atoms with Crippen molar-refractivity contribution in [2.24, 2.45) is 0 Å². The average molecular weight is 412 g/mol. The van der Waals surface area contributed by atoms with Gasteiger partial charge in [0.05, 0.1) is 15.9 Å². The second-order valence-corrected chi connectivity index (χ2v) is 8.42. The molecule has 0 aliphatic carbocycles. The molecule has 0 unspecified atom stereocenters. The van der Waals surface area contributed by atoms with E-state index in [0.717, 1.165) is 31.7 Å². The highest BCUT2D eigenvalue weighted by molar-refractivity contribution is 8.00. The number of nitrogens with zero attached hydrogens (tertiary/aromatic N) is 2. The molecule has 0 fully saturated rings. The summed E-state index contributed by atoms with van der Waals surface area (Å²) in [4.78, 5) is 21.3. The summed E-state index contributed by atoms with van der Waals surface area (Å²) < 4.78 is 2.02. The monoisotopic (exact) mass is 411 g/mol. The summed E-state index contributed by atoms with van der Waals surface area (Å²) in [7, 11) is 0. The van der Waals surface area contributed by atoms with Crippen LogP contribution in [0.15, 0.2) is 71.2 Å². The maximum atomic E-state index is 12.3. The molecule has 0 spiro atoms. The molecular formula is C20H14ClN3OS2. The minimum absolute atomic E-state index is 0.166. The molecule has 2 aromatic carbocycles. The molecule has 1 amide bonds. The molecule has 4 rings (SSSR count). The largest absolute Gasteiger partial charge is 0.322 e. The SMILES string of the molecule is O=C(Nc1ccc2nc(SCc3ccccn3)sc2c1)c1ccc(Cl)cc1. The summed E-state index contributed by atoms with van der Waals surface area (Å²) in [5.41, 5.74) is 3.26. The highest BCUT2D eigenvalue weighted by Gasteiger charge is 2.09. The number of thiazole rings is 1. The number of carbonyl (C=O) groups excluding carboxylic acids is 1. The third kappa shape index (κ3) is 4.47. The molecule has 2 heterocycles.